The lowest BCUT2D eigenvalue weighted by Crippen LogP contribution is -2.55. The van der Waals surface area contributed by atoms with Gasteiger partial charge in [0.15, 0.2) is 0 Å². The fraction of sp³-hybridized carbons (Fsp3) is 0.857. The molecule has 0 spiro atoms. The summed E-state index contributed by atoms with van der Waals surface area (Å²) in [6.07, 6.45) is 5.80. The summed E-state index contributed by atoms with van der Waals surface area (Å²) in [6, 6.07) is -0.478. The molecular weight excluding hydrogens is 244 g/mol. The third kappa shape index (κ3) is 3.47. The molecule has 108 valence electrons. The van der Waals surface area contributed by atoms with Crippen LogP contribution in [-0.4, -0.2) is 48.6 Å². The largest absolute Gasteiger partial charge is 0.464 e. The van der Waals surface area contributed by atoms with E-state index in [0.29, 0.717) is 13.2 Å². The molecule has 0 saturated carbocycles. The molecule has 5 nitrogen and oxygen atoms in total. The van der Waals surface area contributed by atoms with Crippen LogP contribution in [0.2, 0.25) is 0 Å². The lowest BCUT2D eigenvalue weighted by atomic mass is 9.98. The highest BCUT2D eigenvalue weighted by Crippen LogP contribution is 2.21. The van der Waals surface area contributed by atoms with Crippen molar-refractivity contribution in [1.82, 2.24) is 10.2 Å². The van der Waals surface area contributed by atoms with E-state index < -0.39 is 0 Å². The number of hydrogen-bond donors (Lipinski definition) is 1. The average Bonchev–Trinajstić information content (AvgIpc) is 2.47. The van der Waals surface area contributed by atoms with E-state index in [2.05, 4.69) is 5.32 Å². The SMILES string of the molecule is CCOC(=O)C1CCCCN1C(=O)[C@H]1CCCCN1. The third-order valence-electron chi connectivity index (χ3n) is 3.95. The second-order valence-corrected chi connectivity index (χ2v) is 5.30. The molecule has 0 aromatic rings. The Morgan fingerprint density at radius 3 is 2.68 bits per heavy atom. The van der Waals surface area contributed by atoms with Crippen LogP contribution < -0.4 is 5.32 Å². The summed E-state index contributed by atoms with van der Waals surface area (Å²) in [5.74, 6) is -0.163. The second kappa shape index (κ2) is 6.89. The molecule has 19 heavy (non-hydrogen) atoms. The van der Waals surface area contributed by atoms with Gasteiger partial charge in [-0.05, 0) is 45.6 Å². The van der Waals surface area contributed by atoms with Crippen molar-refractivity contribution in [3.05, 3.63) is 0 Å². The molecular formula is C14H24N2O3. The molecule has 0 aliphatic carbocycles. The van der Waals surface area contributed by atoms with Gasteiger partial charge in [-0.15, -0.1) is 0 Å². The number of esters is 1. The van der Waals surface area contributed by atoms with Crippen molar-refractivity contribution < 1.29 is 14.3 Å². The van der Waals surface area contributed by atoms with Crippen LogP contribution >= 0.6 is 0 Å². The molecule has 1 unspecified atom stereocenters. The van der Waals surface area contributed by atoms with Crippen LogP contribution in [0.4, 0.5) is 0 Å². The third-order valence-corrected chi connectivity index (χ3v) is 3.95. The van der Waals surface area contributed by atoms with Crippen molar-refractivity contribution in [2.75, 3.05) is 19.7 Å². The molecule has 2 aliphatic rings. The number of likely N-dealkylation sites (tertiary alicyclic amines) is 1. The van der Waals surface area contributed by atoms with Crippen molar-refractivity contribution in [3.63, 3.8) is 0 Å². The van der Waals surface area contributed by atoms with Crippen LogP contribution in [0, 0.1) is 0 Å². The van der Waals surface area contributed by atoms with Gasteiger partial charge in [0, 0.05) is 6.54 Å². The minimum Gasteiger partial charge on any atom is -0.464 e. The minimum atomic E-state index is -0.370. The van der Waals surface area contributed by atoms with Crippen molar-refractivity contribution in [2.45, 2.75) is 57.5 Å². The summed E-state index contributed by atoms with van der Waals surface area (Å²) in [5.41, 5.74) is 0. The minimum absolute atomic E-state index is 0.0810. The van der Waals surface area contributed by atoms with Crippen LogP contribution in [-0.2, 0) is 14.3 Å². The highest BCUT2D eigenvalue weighted by atomic mass is 16.5. The maximum Gasteiger partial charge on any atom is 0.328 e. The molecule has 0 bridgehead atoms. The number of carbonyl (C=O) groups is 2. The van der Waals surface area contributed by atoms with E-state index >= 15 is 0 Å². The number of hydrogen-bond acceptors (Lipinski definition) is 4. The Hall–Kier alpha value is -1.10. The van der Waals surface area contributed by atoms with E-state index in [1.807, 2.05) is 0 Å². The van der Waals surface area contributed by atoms with Gasteiger partial charge in [0.25, 0.3) is 0 Å². The normalized spacial score (nSPS) is 27.9. The monoisotopic (exact) mass is 268 g/mol. The smallest absolute Gasteiger partial charge is 0.328 e. The molecule has 0 radical (unpaired) electrons. The number of piperidine rings is 2. The van der Waals surface area contributed by atoms with E-state index in [0.717, 1.165) is 45.1 Å². The topological polar surface area (TPSA) is 58.6 Å². The Morgan fingerprint density at radius 1 is 1.21 bits per heavy atom. The molecule has 2 heterocycles. The zero-order chi connectivity index (χ0) is 13.7. The van der Waals surface area contributed by atoms with E-state index in [-0.39, 0.29) is 24.0 Å². The Bertz CT molecular complexity index is 327. The average molecular weight is 268 g/mol. The van der Waals surface area contributed by atoms with Crippen LogP contribution in [0.3, 0.4) is 0 Å². The highest BCUT2D eigenvalue weighted by Gasteiger charge is 2.36. The number of amides is 1. The van der Waals surface area contributed by atoms with Gasteiger partial charge in [0.2, 0.25) is 5.91 Å². The van der Waals surface area contributed by atoms with Gasteiger partial charge in [0.1, 0.15) is 6.04 Å². The number of nitrogens with one attached hydrogen (secondary N) is 1. The van der Waals surface area contributed by atoms with Crippen LogP contribution in [0.25, 0.3) is 0 Å². The van der Waals surface area contributed by atoms with Crippen LogP contribution in [0.1, 0.15) is 45.4 Å². The number of ether oxygens (including phenoxy) is 1. The van der Waals surface area contributed by atoms with Gasteiger partial charge in [-0.3, -0.25) is 4.79 Å². The molecule has 0 aromatic heterocycles. The molecule has 2 rings (SSSR count). The fourth-order valence-electron chi connectivity index (χ4n) is 2.94. The van der Waals surface area contributed by atoms with E-state index in [4.69, 9.17) is 4.74 Å². The van der Waals surface area contributed by atoms with E-state index in [9.17, 15) is 9.59 Å². The predicted octanol–water partition coefficient (Wildman–Crippen LogP) is 1.07. The molecule has 2 atom stereocenters. The summed E-state index contributed by atoms with van der Waals surface area (Å²) in [7, 11) is 0. The maximum absolute atomic E-state index is 12.5. The Kier molecular flexibility index (Phi) is 5.19. The van der Waals surface area contributed by atoms with Gasteiger partial charge in [-0.2, -0.15) is 0 Å². The highest BCUT2D eigenvalue weighted by molar-refractivity contribution is 5.87. The van der Waals surface area contributed by atoms with Gasteiger partial charge in [-0.25, -0.2) is 4.79 Å². The quantitative estimate of drug-likeness (QED) is 0.778. The first-order valence-electron chi connectivity index (χ1n) is 7.44. The van der Waals surface area contributed by atoms with Gasteiger partial charge >= 0.3 is 5.97 Å². The summed E-state index contributed by atoms with van der Waals surface area (Å²) >= 11 is 0. The number of carbonyl (C=O) groups excluding carboxylic acids is 2. The Morgan fingerprint density at radius 2 is 2.00 bits per heavy atom. The molecule has 1 amide bonds. The number of nitrogens with zero attached hydrogens (tertiary/aromatic N) is 1. The standard InChI is InChI=1S/C14H24N2O3/c1-2-19-14(18)12-8-4-6-10-16(12)13(17)11-7-3-5-9-15-11/h11-12,15H,2-10H2,1H3/t11-,12?/m1/s1. The van der Waals surface area contributed by atoms with Crippen LogP contribution in [0.15, 0.2) is 0 Å². The lowest BCUT2D eigenvalue weighted by molar-refractivity contribution is -0.157. The molecule has 2 fully saturated rings. The Labute approximate surface area is 114 Å². The molecule has 5 heteroatoms. The zero-order valence-electron chi connectivity index (χ0n) is 11.7. The number of rotatable bonds is 3. The summed E-state index contributed by atoms with van der Waals surface area (Å²) in [4.78, 5) is 26.2. The van der Waals surface area contributed by atoms with Gasteiger partial charge in [0.05, 0.1) is 12.6 Å². The first-order chi connectivity index (χ1) is 9.24. The summed E-state index contributed by atoms with van der Waals surface area (Å²) in [5, 5.41) is 3.26. The molecule has 1 N–H and O–H groups in total. The molecule has 2 aliphatic heterocycles. The maximum atomic E-state index is 12.5. The van der Waals surface area contributed by atoms with Gasteiger partial charge in [-0.1, -0.05) is 6.42 Å². The van der Waals surface area contributed by atoms with Crippen LogP contribution in [0.5, 0.6) is 0 Å². The molecule has 2 saturated heterocycles. The van der Waals surface area contributed by atoms with Crippen molar-refractivity contribution in [2.24, 2.45) is 0 Å². The lowest BCUT2D eigenvalue weighted by Gasteiger charge is -2.37. The second-order valence-electron chi connectivity index (χ2n) is 5.30. The van der Waals surface area contributed by atoms with E-state index in [1.165, 1.54) is 0 Å². The summed E-state index contributed by atoms with van der Waals surface area (Å²) in [6.45, 7) is 3.75. The first kappa shape index (κ1) is 14.3. The summed E-state index contributed by atoms with van der Waals surface area (Å²) < 4.78 is 5.10. The molecule has 0 aromatic carbocycles. The van der Waals surface area contributed by atoms with Crippen molar-refractivity contribution in [3.8, 4) is 0 Å². The Balaban J connectivity index is 2.01. The van der Waals surface area contributed by atoms with Crippen molar-refractivity contribution >= 4 is 11.9 Å². The van der Waals surface area contributed by atoms with Crippen molar-refractivity contribution in [1.29, 1.82) is 0 Å². The zero-order valence-corrected chi connectivity index (χ0v) is 11.7. The first-order valence-corrected chi connectivity index (χ1v) is 7.44. The fourth-order valence-corrected chi connectivity index (χ4v) is 2.94. The predicted molar refractivity (Wildman–Crippen MR) is 71.6 cm³/mol. The van der Waals surface area contributed by atoms with E-state index in [1.54, 1.807) is 11.8 Å². The van der Waals surface area contributed by atoms with Gasteiger partial charge < -0.3 is 15.0 Å².